The van der Waals surface area contributed by atoms with Gasteiger partial charge in [-0.1, -0.05) is 72.2 Å². The summed E-state index contributed by atoms with van der Waals surface area (Å²) in [5.41, 5.74) is 4.09. The number of ether oxygens (including phenoxy) is 4. The standard InChI is InChI=1S/C62H84N2O11S2/c1-39-10-14-45(15-19-52(67)43-13-18-51-42(30-43)9-7-25-63-51)62(35-39)24-8-23-61(21-5-4-6-22-61)64-36-44-12-17-47(32-50(44)62)75-56-31-41-11-16-46(74-38-66)33-53(68)49(27-40-28-57(72-2)60(71)58(29-40)73-3)55(70)37-76-77-59(20-26-65)48(41)34-54(56)69/h7,9,13,18,25,28-31,34,39,44-47,49-50,52-53,55,59,64-71H,4-6,10-12,14-17,19-23,26-27,32-33,35-38H2,1-3H3/t39-,44-,45+,46-,47-,49-,50+,52-,53+,55-,59-,62+/m0/s1. The number of aromatic nitrogens is 1. The van der Waals surface area contributed by atoms with Crippen molar-refractivity contribution < 1.29 is 54.7 Å². The fraction of sp³-hybridized carbons (Fsp3) is 0.629. The Morgan fingerprint density at radius 3 is 2.44 bits per heavy atom. The van der Waals surface area contributed by atoms with Gasteiger partial charge >= 0.3 is 0 Å². The van der Waals surface area contributed by atoms with Crippen LogP contribution in [-0.4, -0.2) is 111 Å². The molecule has 3 saturated carbocycles. The molecule has 3 fully saturated rings. The van der Waals surface area contributed by atoms with E-state index in [1.807, 2.05) is 24.3 Å². The molecule has 3 heterocycles. The van der Waals surface area contributed by atoms with Crippen molar-refractivity contribution in [2.75, 3.05) is 39.9 Å². The van der Waals surface area contributed by atoms with E-state index in [1.165, 1.54) is 55.1 Å². The van der Waals surface area contributed by atoms with Gasteiger partial charge in [-0.3, -0.25) is 4.98 Å². The second-order valence-electron chi connectivity index (χ2n) is 23.2. The molecule has 3 aromatic carbocycles. The van der Waals surface area contributed by atoms with Gasteiger partial charge in [-0.05, 0) is 185 Å². The molecule has 77 heavy (non-hydrogen) atoms. The van der Waals surface area contributed by atoms with Crippen LogP contribution >= 0.6 is 21.6 Å². The number of nitrogens with one attached hydrogen (secondary N) is 1. The van der Waals surface area contributed by atoms with Gasteiger partial charge < -0.3 is 60.0 Å². The number of aryl methyl sites for hydroxylation is 1. The van der Waals surface area contributed by atoms with Gasteiger partial charge in [0.25, 0.3) is 0 Å². The molecule has 13 nitrogen and oxygen atoms in total. The summed E-state index contributed by atoms with van der Waals surface area (Å²) in [5, 5.41) is 83.8. The molecule has 4 aromatic rings. The van der Waals surface area contributed by atoms with Gasteiger partial charge in [0, 0.05) is 52.5 Å². The summed E-state index contributed by atoms with van der Waals surface area (Å²) in [6, 6.07) is 17.2. The minimum Gasteiger partial charge on any atom is -0.504 e. The summed E-state index contributed by atoms with van der Waals surface area (Å²) in [6.07, 6.45) is 14.3. The summed E-state index contributed by atoms with van der Waals surface area (Å²) in [4.78, 5) is 4.51. The Morgan fingerprint density at radius 1 is 0.870 bits per heavy atom. The van der Waals surface area contributed by atoms with Crippen molar-refractivity contribution in [3.63, 3.8) is 0 Å². The van der Waals surface area contributed by atoms with Crippen LogP contribution in [0.25, 0.3) is 10.9 Å². The zero-order chi connectivity index (χ0) is 54.1. The number of aliphatic hydroxyl groups is 5. The largest absolute Gasteiger partial charge is 0.504 e. The third-order valence-electron chi connectivity index (χ3n) is 18.4. The molecule has 0 radical (unpaired) electrons. The third kappa shape index (κ3) is 13.6. The molecular weight excluding hydrogens is 1010 g/mol. The van der Waals surface area contributed by atoms with E-state index in [0.717, 1.165) is 98.3 Å². The van der Waals surface area contributed by atoms with E-state index in [-0.39, 0.29) is 76.4 Å². The zero-order valence-corrected chi connectivity index (χ0v) is 47.0. The number of methoxy groups -OCH3 is 2. The first-order valence-electron chi connectivity index (χ1n) is 28.6. The van der Waals surface area contributed by atoms with Crippen LogP contribution in [0.5, 0.6) is 28.7 Å². The van der Waals surface area contributed by atoms with Crippen LogP contribution in [0, 0.1) is 46.8 Å². The molecule has 0 unspecified atom stereocenters. The van der Waals surface area contributed by atoms with Crippen LogP contribution in [0.4, 0.5) is 0 Å². The summed E-state index contributed by atoms with van der Waals surface area (Å²) in [5.74, 6) is 9.83. The number of phenolic OH excluding ortho intramolecular Hbond substituents is 2. The number of phenols is 2. The van der Waals surface area contributed by atoms with Crippen molar-refractivity contribution in [3.8, 4) is 40.6 Å². The Balaban J connectivity index is 0.987. The van der Waals surface area contributed by atoms with Crippen LogP contribution in [0.1, 0.15) is 150 Å². The Morgan fingerprint density at radius 2 is 1.68 bits per heavy atom. The minimum atomic E-state index is -1.03. The molecule has 3 aliphatic carbocycles. The maximum absolute atomic E-state index is 12.1. The maximum atomic E-state index is 12.1. The molecule has 420 valence electrons. The third-order valence-corrected chi connectivity index (χ3v) is 21.2. The van der Waals surface area contributed by atoms with Gasteiger partial charge in [0.05, 0.1) is 50.3 Å². The van der Waals surface area contributed by atoms with Gasteiger partial charge in [0.15, 0.2) is 23.0 Å². The molecule has 1 aromatic heterocycles. The first-order chi connectivity index (χ1) is 37.3. The molecular formula is C62H84N2O11S2. The lowest BCUT2D eigenvalue weighted by Crippen LogP contribution is -2.53. The Kier molecular flexibility index (Phi) is 19.9. The van der Waals surface area contributed by atoms with Crippen molar-refractivity contribution in [2.24, 2.45) is 35.0 Å². The number of rotatable bonds is 14. The van der Waals surface area contributed by atoms with Crippen molar-refractivity contribution in [1.29, 1.82) is 0 Å². The lowest BCUT2D eigenvalue weighted by molar-refractivity contribution is -0.0808. The average Bonchev–Trinajstić information content (AvgIpc) is 3.54. The van der Waals surface area contributed by atoms with E-state index in [2.05, 4.69) is 41.2 Å². The summed E-state index contributed by atoms with van der Waals surface area (Å²) in [6.45, 7) is 2.69. The number of aromatic hydroxyl groups is 2. The number of aliphatic hydroxyl groups excluding tert-OH is 5. The van der Waals surface area contributed by atoms with Gasteiger partial charge in [-0.2, -0.15) is 0 Å². The highest BCUT2D eigenvalue weighted by molar-refractivity contribution is 8.76. The number of pyridine rings is 1. The second-order valence-corrected chi connectivity index (χ2v) is 25.9. The quantitative estimate of drug-likeness (QED) is 0.0336. The molecule has 8 N–H and O–H groups in total. The lowest BCUT2D eigenvalue weighted by atomic mass is 9.51. The van der Waals surface area contributed by atoms with E-state index in [0.29, 0.717) is 54.7 Å². The van der Waals surface area contributed by atoms with Crippen LogP contribution in [0.15, 0.2) is 60.8 Å². The van der Waals surface area contributed by atoms with Gasteiger partial charge in [0.2, 0.25) is 5.75 Å². The minimum absolute atomic E-state index is 0.0367. The number of fused-ring (bicyclic) bond motifs is 4. The summed E-state index contributed by atoms with van der Waals surface area (Å²) < 4.78 is 23.8. The Labute approximate surface area is 464 Å². The molecule has 0 saturated heterocycles. The summed E-state index contributed by atoms with van der Waals surface area (Å²) in [7, 11) is 5.88. The fourth-order valence-corrected chi connectivity index (χ4v) is 17.1. The SMILES string of the molecule is COc1cc(C[C@H]2[C@H](O)C[C@@H](OCO)CCc3cc(O[C@H]4CC[C@H]5CNC6(CC#C[C@]7(C[C@@H](C)CC[C@@H]7CC[C@H](O)c7ccc8ncccc8c7)[C@@H]5C4)CCCCC6)c(O)cc3[C@H](CCO)SSC[C@@H]2O)cc(OC)c1O. The highest BCUT2D eigenvalue weighted by Crippen LogP contribution is 2.57. The predicted molar refractivity (Wildman–Crippen MR) is 304 cm³/mol. The Bertz CT molecular complexity index is 2620. The van der Waals surface area contributed by atoms with E-state index in [4.69, 9.17) is 18.9 Å². The van der Waals surface area contributed by atoms with Crippen LogP contribution in [0.2, 0.25) is 0 Å². The molecule has 9 rings (SSSR count). The van der Waals surface area contributed by atoms with Crippen molar-refractivity contribution in [2.45, 2.75) is 170 Å². The lowest BCUT2D eigenvalue weighted by Gasteiger charge is -2.53. The first-order valence-corrected chi connectivity index (χ1v) is 30.9. The van der Waals surface area contributed by atoms with E-state index < -0.39 is 37.1 Å². The smallest absolute Gasteiger partial charge is 0.200 e. The highest BCUT2D eigenvalue weighted by atomic mass is 33.1. The topological polar surface area (TPSA) is 203 Å². The van der Waals surface area contributed by atoms with Crippen LogP contribution < -0.4 is 19.5 Å². The van der Waals surface area contributed by atoms with Crippen molar-refractivity contribution in [1.82, 2.24) is 10.3 Å². The van der Waals surface area contributed by atoms with E-state index in [1.54, 1.807) is 24.4 Å². The van der Waals surface area contributed by atoms with Gasteiger partial charge in [-0.15, -0.1) is 5.92 Å². The zero-order valence-electron chi connectivity index (χ0n) is 45.4. The summed E-state index contributed by atoms with van der Waals surface area (Å²) >= 11 is 0. The normalized spacial score (nSPS) is 30.4. The van der Waals surface area contributed by atoms with Crippen LogP contribution in [-0.2, 0) is 17.6 Å². The molecule has 0 amide bonds. The monoisotopic (exact) mass is 1100 g/mol. The van der Waals surface area contributed by atoms with Crippen LogP contribution in [0.3, 0.4) is 0 Å². The molecule has 5 aliphatic rings. The predicted octanol–water partition coefficient (Wildman–Crippen LogP) is 10.5. The number of benzene rings is 3. The first kappa shape index (κ1) is 57.7. The molecule has 12 atom stereocenters. The fourth-order valence-electron chi connectivity index (χ4n) is 14.2. The molecule has 15 heteroatoms. The van der Waals surface area contributed by atoms with Crippen molar-refractivity contribution >= 4 is 32.5 Å². The van der Waals surface area contributed by atoms with Gasteiger partial charge in [0.1, 0.15) is 6.79 Å². The molecule has 0 bridgehead atoms. The molecule has 2 spiro atoms. The number of nitrogens with zero attached hydrogens (tertiary/aromatic N) is 1. The Hall–Kier alpha value is -3.95. The maximum Gasteiger partial charge on any atom is 0.200 e. The van der Waals surface area contributed by atoms with Crippen molar-refractivity contribution in [3.05, 3.63) is 83.0 Å². The highest BCUT2D eigenvalue weighted by Gasteiger charge is 2.53. The van der Waals surface area contributed by atoms with E-state index in [9.17, 15) is 35.7 Å². The second kappa shape index (κ2) is 26.5. The number of hydrogen-bond donors (Lipinski definition) is 8. The molecule has 2 aliphatic heterocycles. The van der Waals surface area contributed by atoms with Gasteiger partial charge in [-0.25, -0.2) is 0 Å². The average molecular weight is 1100 g/mol. The number of hydrogen-bond acceptors (Lipinski definition) is 15. The van der Waals surface area contributed by atoms with E-state index >= 15 is 0 Å².